The zero-order chi connectivity index (χ0) is 8.15. The number of hydrogen-bond donors (Lipinski definition) is 0. The van der Waals surface area contributed by atoms with Crippen LogP contribution in [-0.2, 0) is 18.9 Å². The minimum atomic E-state index is -1.13. The number of esters is 1. The molecule has 1 unspecified atom stereocenters. The highest BCUT2D eigenvalue weighted by atomic mass is 31.1. The number of carbonyl (C=O) groups excluding carboxylic acids is 2. The van der Waals surface area contributed by atoms with E-state index in [1.807, 2.05) is 0 Å². The first kappa shape index (κ1) is 9.24. The van der Waals surface area contributed by atoms with E-state index in [1.165, 1.54) is 6.92 Å². The van der Waals surface area contributed by atoms with Gasteiger partial charge in [0.25, 0.3) is 0 Å². The molecular formula is C5H7O4P. The molecule has 0 heterocycles. The molecule has 0 aromatic carbocycles. The molecule has 5 heteroatoms. The van der Waals surface area contributed by atoms with Gasteiger partial charge in [0.2, 0.25) is 14.3 Å². The molecule has 0 aromatic heterocycles. The van der Waals surface area contributed by atoms with Crippen LogP contribution in [0.1, 0.15) is 13.8 Å². The summed E-state index contributed by atoms with van der Waals surface area (Å²) in [4.78, 5) is 20.6. The Labute approximate surface area is 59.8 Å². The Kier molecular flexibility index (Phi) is 3.81. The lowest BCUT2D eigenvalue weighted by Crippen LogP contribution is -2.17. The molecule has 1 atom stereocenters. The second-order valence-electron chi connectivity index (χ2n) is 1.68. The summed E-state index contributed by atoms with van der Waals surface area (Å²) >= 11 is 0. The Hall–Kier alpha value is -0.760. The highest BCUT2D eigenvalue weighted by Gasteiger charge is 2.16. The van der Waals surface area contributed by atoms with Crippen LogP contribution in [0.25, 0.3) is 0 Å². The van der Waals surface area contributed by atoms with Gasteiger partial charge in [0.05, 0.1) is 0 Å². The van der Waals surface area contributed by atoms with Crippen molar-refractivity contribution in [2.24, 2.45) is 0 Å². The predicted molar refractivity (Wildman–Crippen MR) is 33.8 cm³/mol. The molecule has 56 valence electrons. The van der Waals surface area contributed by atoms with Gasteiger partial charge in [-0.1, -0.05) is 0 Å². The number of Topliss-reactive ketones (excluding diaryl/α,β-unsaturated/α-hetero) is 1. The molecule has 0 amide bonds. The van der Waals surface area contributed by atoms with Crippen LogP contribution >= 0.6 is 8.46 Å². The van der Waals surface area contributed by atoms with Crippen molar-refractivity contribution in [2.45, 2.75) is 19.7 Å². The van der Waals surface area contributed by atoms with Gasteiger partial charge in [-0.25, -0.2) is 0 Å². The van der Waals surface area contributed by atoms with Gasteiger partial charge in [-0.2, -0.15) is 0 Å². The van der Waals surface area contributed by atoms with Crippen LogP contribution < -0.4 is 0 Å². The van der Waals surface area contributed by atoms with Crippen molar-refractivity contribution in [1.29, 1.82) is 0 Å². The van der Waals surface area contributed by atoms with Crippen molar-refractivity contribution in [3.63, 3.8) is 0 Å². The van der Waals surface area contributed by atoms with Gasteiger partial charge in [-0.3, -0.25) is 14.2 Å². The largest absolute Gasteiger partial charge is 0.442 e. The molecule has 0 bridgehead atoms. The molecule has 0 radical (unpaired) electrons. The average molecular weight is 162 g/mol. The fraction of sp³-hybridized carbons (Fsp3) is 0.600. The summed E-state index contributed by atoms with van der Waals surface area (Å²) < 4.78 is 14.4. The molecule has 0 aliphatic carbocycles. The Bertz CT molecular complexity index is 165. The molecule has 0 aliphatic rings. The molecular weight excluding hydrogens is 155 g/mol. The minimum Gasteiger partial charge on any atom is -0.442 e. The molecule has 4 nitrogen and oxygen atoms in total. The maximum atomic E-state index is 10.4. The minimum absolute atomic E-state index is 0.424. The Morgan fingerprint density at radius 3 is 2.00 bits per heavy atom. The molecule has 10 heavy (non-hydrogen) atoms. The zero-order valence-corrected chi connectivity index (χ0v) is 6.55. The van der Waals surface area contributed by atoms with Gasteiger partial charge in [0.15, 0.2) is 5.78 Å². The summed E-state index contributed by atoms with van der Waals surface area (Å²) in [5.74, 6) is -2.16. The van der Waals surface area contributed by atoms with E-state index in [9.17, 15) is 14.2 Å². The van der Waals surface area contributed by atoms with Crippen molar-refractivity contribution >= 4 is 20.2 Å². The molecule has 0 spiro atoms. The van der Waals surface area contributed by atoms with E-state index in [0.717, 1.165) is 6.92 Å². The predicted octanol–water partition coefficient (Wildman–Crippen LogP) is 0.756. The third-order valence-corrected chi connectivity index (χ3v) is 1.38. The van der Waals surface area contributed by atoms with Crippen molar-refractivity contribution in [3.8, 4) is 0 Å². The first-order chi connectivity index (χ1) is 4.57. The molecule has 0 saturated carbocycles. The monoisotopic (exact) mass is 162 g/mol. The van der Waals surface area contributed by atoms with Crippen molar-refractivity contribution in [2.75, 3.05) is 0 Å². The Morgan fingerprint density at radius 1 is 1.40 bits per heavy atom. The van der Waals surface area contributed by atoms with Gasteiger partial charge in [-0.05, 0) is 6.92 Å². The van der Waals surface area contributed by atoms with Gasteiger partial charge in [0, 0.05) is 6.92 Å². The summed E-state index contributed by atoms with van der Waals surface area (Å²) in [7, 11) is -0.478. The van der Waals surface area contributed by atoms with Crippen LogP contribution in [0.15, 0.2) is 0 Å². The van der Waals surface area contributed by atoms with Crippen LogP contribution in [-0.4, -0.2) is 17.6 Å². The molecule has 0 N–H and O–H groups in total. The Balaban J connectivity index is 3.96. The number of ketones is 1. The lowest BCUT2D eigenvalue weighted by molar-refractivity contribution is -0.147. The summed E-state index contributed by atoms with van der Waals surface area (Å²) in [6, 6.07) is 0. The molecule has 0 aliphatic heterocycles. The van der Waals surface area contributed by atoms with Crippen LogP contribution in [0, 0.1) is 0 Å². The summed E-state index contributed by atoms with van der Waals surface area (Å²) in [6.45, 7) is 2.36. The Morgan fingerprint density at radius 2 is 1.90 bits per heavy atom. The van der Waals surface area contributed by atoms with Crippen LogP contribution in [0.4, 0.5) is 0 Å². The van der Waals surface area contributed by atoms with Gasteiger partial charge in [0.1, 0.15) is 0 Å². The summed E-state index contributed by atoms with van der Waals surface area (Å²) in [5, 5.41) is 0. The van der Waals surface area contributed by atoms with Crippen LogP contribution in [0.5, 0.6) is 0 Å². The van der Waals surface area contributed by atoms with Crippen molar-refractivity contribution in [3.05, 3.63) is 0 Å². The zero-order valence-electron chi connectivity index (χ0n) is 5.66. The second-order valence-corrected chi connectivity index (χ2v) is 2.36. The summed E-state index contributed by atoms with van der Waals surface area (Å²) in [5.41, 5.74) is 0. The number of carbonyl (C=O) groups is 2. The number of hydrogen-bond acceptors (Lipinski definition) is 4. The van der Waals surface area contributed by atoms with Gasteiger partial charge < -0.3 is 4.74 Å². The van der Waals surface area contributed by atoms with E-state index < -0.39 is 26.1 Å². The maximum Gasteiger partial charge on any atom is 0.304 e. The molecule has 0 rings (SSSR count). The van der Waals surface area contributed by atoms with E-state index in [4.69, 9.17) is 0 Å². The highest BCUT2D eigenvalue weighted by molar-refractivity contribution is 7.26. The van der Waals surface area contributed by atoms with E-state index in [-0.39, 0.29) is 0 Å². The lowest BCUT2D eigenvalue weighted by Gasteiger charge is -2.03. The van der Waals surface area contributed by atoms with Gasteiger partial charge in [-0.15, -0.1) is 0 Å². The topological polar surface area (TPSA) is 60.4 Å². The van der Waals surface area contributed by atoms with Crippen LogP contribution in [0.3, 0.4) is 0 Å². The standard InChI is InChI=1S/C5H7O4P/c1-3(6)5(10-8)9-4(2)7/h5H,1-2H3. The first-order valence-corrected chi connectivity index (χ1v) is 3.46. The van der Waals surface area contributed by atoms with Crippen LogP contribution in [0.2, 0.25) is 0 Å². The van der Waals surface area contributed by atoms with Crippen molar-refractivity contribution in [1.82, 2.24) is 0 Å². The lowest BCUT2D eigenvalue weighted by atomic mass is 10.5. The SMILES string of the molecule is CC(=O)OC(P=O)C(C)=O. The first-order valence-electron chi connectivity index (χ1n) is 2.58. The normalized spacial score (nSPS) is 12.6. The smallest absolute Gasteiger partial charge is 0.304 e. The highest BCUT2D eigenvalue weighted by Crippen LogP contribution is 2.08. The fourth-order valence-electron chi connectivity index (χ4n) is 0.336. The van der Waals surface area contributed by atoms with E-state index >= 15 is 0 Å². The van der Waals surface area contributed by atoms with Crippen molar-refractivity contribution < 1.29 is 18.9 Å². The molecule has 0 saturated heterocycles. The quantitative estimate of drug-likeness (QED) is 0.454. The third kappa shape index (κ3) is 3.30. The summed E-state index contributed by atoms with van der Waals surface area (Å²) in [6.07, 6.45) is 0. The van der Waals surface area contributed by atoms with E-state index in [2.05, 4.69) is 4.74 Å². The molecule has 0 fully saturated rings. The number of rotatable bonds is 3. The maximum absolute atomic E-state index is 10.4. The van der Waals surface area contributed by atoms with Gasteiger partial charge >= 0.3 is 5.97 Å². The second kappa shape index (κ2) is 4.12. The average Bonchev–Trinajstić information content (AvgIpc) is 1.81. The fourth-order valence-corrected chi connectivity index (χ4v) is 0.676. The molecule has 0 aromatic rings. The number of ether oxygens (including phenoxy) is 1. The third-order valence-electron chi connectivity index (χ3n) is 0.721. The van der Waals surface area contributed by atoms with E-state index in [1.54, 1.807) is 0 Å². The van der Waals surface area contributed by atoms with E-state index in [0.29, 0.717) is 0 Å².